The molecular formula is C8H12N4O. The van der Waals surface area contributed by atoms with Gasteiger partial charge in [-0.1, -0.05) is 0 Å². The van der Waals surface area contributed by atoms with E-state index in [-0.39, 0.29) is 5.91 Å². The molecule has 0 unspecified atom stereocenters. The maximum absolute atomic E-state index is 11.1. The van der Waals surface area contributed by atoms with Crippen molar-refractivity contribution in [1.29, 1.82) is 0 Å². The summed E-state index contributed by atoms with van der Waals surface area (Å²) in [4.78, 5) is 18.7. The van der Waals surface area contributed by atoms with Crippen molar-refractivity contribution < 1.29 is 4.79 Å². The second-order valence-electron chi connectivity index (χ2n) is 2.54. The summed E-state index contributed by atoms with van der Waals surface area (Å²) in [5.74, 6) is 0.459. The Labute approximate surface area is 76.4 Å². The van der Waals surface area contributed by atoms with E-state index in [1.807, 2.05) is 0 Å². The fraction of sp³-hybridized carbons (Fsp3) is 0.375. The maximum Gasteiger partial charge on any atom is 0.225 e. The van der Waals surface area contributed by atoms with Gasteiger partial charge >= 0.3 is 0 Å². The zero-order valence-corrected chi connectivity index (χ0v) is 7.23. The number of nitrogens with one attached hydrogen (secondary N) is 1. The molecule has 0 aromatic carbocycles. The van der Waals surface area contributed by atoms with E-state index < -0.39 is 0 Å². The van der Waals surface area contributed by atoms with Gasteiger partial charge < -0.3 is 11.1 Å². The Balaban J connectivity index is 2.37. The van der Waals surface area contributed by atoms with Crippen LogP contribution in [0.3, 0.4) is 0 Å². The number of nitrogens with zero attached hydrogens (tertiary/aromatic N) is 2. The molecule has 0 saturated heterocycles. The summed E-state index contributed by atoms with van der Waals surface area (Å²) in [6, 6.07) is 1.64. The maximum atomic E-state index is 11.1. The molecule has 0 radical (unpaired) electrons. The van der Waals surface area contributed by atoms with Gasteiger partial charge in [0.2, 0.25) is 5.91 Å². The number of anilines is 1. The Bertz CT molecular complexity index is 262. The highest BCUT2D eigenvalue weighted by Crippen LogP contribution is 1.99. The molecule has 0 aliphatic heterocycles. The molecule has 0 spiro atoms. The van der Waals surface area contributed by atoms with Crippen LogP contribution in [0.4, 0.5) is 5.82 Å². The van der Waals surface area contributed by atoms with Crippen LogP contribution < -0.4 is 11.1 Å². The fourth-order valence-corrected chi connectivity index (χ4v) is 0.833. The summed E-state index contributed by atoms with van der Waals surface area (Å²) < 4.78 is 0. The number of hydrogen-bond acceptors (Lipinski definition) is 4. The van der Waals surface area contributed by atoms with E-state index >= 15 is 0 Å². The van der Waals surface area contributed by atoms with Crippen LogP contribution in [0.15, 0.2) is 18.6 Å². The van der Waals surface area contributed by atoms with E-state index in [2.05, 4.69) is 15.3 Å². The lowest BCUT2D eigenvalue weighted by molar-refractivity contribution is -0.116. The van der Waals surface area contributed by atoms with Gasteiger partial charge in [0.1, 0.15) is 12.1 Å². The number of amides is 1. The molecule has 5 heteroatoms. The van der Waals surface area contributed by atoms with Gasteiger partial charge in [0, 0.05) is 12.6 Å². The number of carbonyl (C=O) groups is 1. The summed E-state index contributed by atoms with van der Waals surface area (Å²) in [6.07, 6.45) is 4.08. The van der Waals surface area contributed by atoms with E-state index in [0.29, 0.717) is 25.2 Å². The highest BCUT2D eigenvalue weighted by Gasteiger charge is 2.00. The molecule has 70 valence electrons. The van der Waals surface area contributed by atoms with Crippen molar-refractivity contribution in [3.05, 3.63) is 18.6 Å². The van der Waals surface area contributed by atoms with Crippen LogP contribution in [-0.2, 0) is 4.79 Å². The molecule has 1 rings (SSSR count). The van der Waals surface area contributed by atoms with Gasteiger partial charge in [0.05, 0.1) is 0 Å². The van der Waals surface area contributed by atoms with Crippen molar-refractivity contribution in [1.82, 2.24) is 9.97 Å². The monoisotopic (exact) mass is 180 g/mol. The molecule has 0 aliphatic rings. The second kappa shape index (κ2) is 5.21. The molecule has 0 fully saturated rings. The molecular weight excluding hydrogens is 168 g/mol. The molecule has 3 N–H and O–H groups in total. The molecule has 1 amide bonds. The summed E-state index contributed by atoms with van der Waals surface area (Å²) in [7, 11) is 0. The number of rotatable bonds is 4. The number of nitrogens with two attached hydrogens (primary N) is 1. The summed E-state index contributed by atoms with van der Waals surface area (Å²) in [6.45, 7) is 0.525. The molecule has 0 saturated carbocycles. The van der Waals surface area contributed by atoms with Crippen LogP contribution in [0.1, 0.15) is 12.8 Å². The topological polar surface area (TPSA) is 80.9 Å². The minimum Gasteiger partial charge on any atom is -0.330 e. The molecule has 0 bridgehead atoms. The molecule has 1 heterocycles. The third kappa shape index (κ3) is 3.62. The Morgan fingerprint density at radius 2 is 2.46 bits per heavy atom. The fourth-order valence-electron chi connectivity index (χ4n) is 0.833. The first-order valence-corrected chi connectivity index (χ1v) is 4.09. The van der Waals surface area contributed by atoms with Crippen LogP contribution in [-0.4, -0.2) is 22.4 Å². The Morgan fingerprint density at radius 3 is 3.08 bits per heavy atom. The van der Waals surface area contributed by atoms with Crippen molar-refractivity contribution in [2.24, 2.45) is 5.73 Å². The van der Waals surface area contributed by atoms with E-state index in [1.165, 1.54) is 6.33 Å². The minimum absolute atomic E-state index is 0.0656. The van der Waals surface area contributed by atoms with Gasteiger partial charge in [0.25, 0.3) is 0 Å². The predicted molar refractivity (Wildman–Crippen MR) is 49.0 cm³/mol. The first-order chi connectivity index (χ1) is 6.33. The first kappa shape index (κ1) is 9.60. The SMILES string of the molecule is NCCCC(=O)Nc1ccncn1. The first-order valence-electron chi connectivity index (χ1n) is 4.09. The summed E-state index contributed by atoms with van der Waals surface area (Å²) in [5, 5.41) is 2.63. The smallest absolute Gasteiger partial charge is 0.225 e. The zero-order valence-electron chi connectivity index (χ0n) is 7.23. The van der Waals surface area contributed by atoms with Gasteiger partial charge in [-0.15, -0.1) is 0 Å². The molecule has 1 aromatic rings. The molecule has 1 aromatic heterocycles. The van der Waals surface area contributed by atoms with Gasteiger partial charge in [-0.25, -0.2) is 9.97 Å². The lowest BCUT2D eigenvalue weighted by Gasteiger charge is -2.01. The van der Waals surface area contributed by atoms with Crippen molar-refractivity contribution in [2.75, 3.05) is 11.9 Å². The molecule has 0 atom stereocenters. The molecule has 5 nitrogen and oxygen atoms in total. The summed E-state index contributed by atoms with van der Waals surface area (Å²) >= 11 is 0. The van der Waals surface area contributed by atoms with Crippen LogP contribution >= 0.6 is 0 Å². The Morgan fingerprint density at radius 1 is 1.62 bits per heavy atom. The standard InChI is InChI=1S/C8H12N4O/c9-4-1-2-8(13)12-7-3-5-10-6-11-7/h3,5-6H,1-2,4,9H2,(H,10,11,12,13). The van der Waals surface area contributed by atoms with Crippen molar-refractivity contribution in [3.63, 3.8) is 0 Å². The normalized spacial score (nSPS) is 9.62. The number of aromatic nitrogens is 2. The van der Waals surface area contributed by atoms with Crippen LogP contribution in [0.5, 0.6) is 0 Å². The quantitative estimate of drug-likeness (QED) is 0.691. The third-order valence-corrected chi connectivity index (χ3v) is 1.46. The van der Waals surface area contributed by atoms with E-state index in [0.717, 1.165) is 0 Å². The van der Waals surface area contributed by atoms with Crippen LogP contribution in [0.25, 0.3) is 0 Å². The minimum atomic E-state index is -0.0656. The van der Waals surface area contributed by atoms with Gasteiger partial charge in [-0.3, -0.25) is 4.79 Å². The average Bonchev–Trinajstić information content (AvgIpc) is 2.16. The highest BCUT2D eigenvalue weighted by atomic mass is 16.1. The van der Waals surface area contributed by atoms with Crippen molar-refractivity contribution in [2.45, 2.75) is 12.8 Å². The van der Waals surface area contributed by atoms with Gasteiger partial charge in [0.15, 0.2) is 0 Å². The number of hydrogen-bond donors (Lipinski definition) is 2. The largest absolute Gasteiger partial charge is 0.330 e. The zero-order chi connectivity index (χ0) is 9.52. The molecule has 13 heavy (non-hydrogen) atoms. The Hall–Kier alpha value is -1.49. The molecule has 0 aliphatic carbocycles. The van der Waals surface area contributed by atoms with Gasteiger partial charge in [-0.2, -0.15) is 0 Å². The second-order valence-corrected chi connectivity index (χ2v) is 2.54. The van der Waals surface area contributed by atoms with Gasteiger partial charge in [-0.05, 0) is 19.0 Å². The lowest BCUT2D eigenvalue weighted by atomic mass is 10.3. The average molecular weight is 180 g/mol. The van der Waals surface area contributed by atoms with Crippen LogP contribution in [0.2, 0.25) is 0 Å². The predicted octanol–water partition coefficient (Wildman–Crippen LogP) is 0.154. The summed E-state index contributed by atoms with van der Waals surface area (Å²) in [5.41, 5.74) is 5.26. The van der Waals surface area contributed by atoms with E-state index in [4.69, 9.17) is 5.73 Å². The van der Waals surface area contributed by atoms with E-state index in [9.17, 15) is 4.79 Å². The lowest BCUT2D eigenvalue weighted by Crippen LogP contribution is -2.14. The van der Waals surface area contributed by atoms with Crippen LogP contribution in [0, 0.1) is 0 Å². The number of carbonyl (C=O) groups excluding carboxylic acids is 1. The third-order valence-electron chi connectivity index (χ3n) is 1.46. The van der Waals surface area contributed by atoms with Crippen molar-refractivity contribution in [3.8, 4) is 0 Å². The highest BCUT2D eigenvalue weighted by molar-refractivity contribution is 5.89. The van der Waals surface area contributed by atoms with E-state index in [1.54, 1.807) is 12.3 Å². The Kier molecular flexibility index (Phi) is 3.84. The van der Waals surface area contributed by atoms with Crippen molar-refractivity contribution >= 4 is 11.7 Å².